The predicted molar refractivity (Wildman–Crippen MR) is 96.6 cm³/mol. The van der Waals surface area contributed by atoms with Gasteiger partial charge >= 0.3 is 0 Å². The van der Waals surface area contributed by atoms with Gasteiger partial charge < -0.3 is 9.13 Å². The van der Waals surface area contributed by atoms with Crippen LogP contribution in [0.4, 0.5) is 0 Å². The van der Waals surface area contributed by atoms with Gasteiger partial charge in [0.25, 0.3) is 0 Å². The summed E-state index contributed by atoms with van der Waals surface area (Å²) < 4.78 is 4.92. The molecule has 2 unspecified atom stereocenters. The van der Waals surface area contributed by atoms with Crippen molar-refractivity contribution in [2.75, 3.05) is 0 Å². The average Bonchev–Trinajstić information content (AvgIpc) is 2.70. The standard InChI is InChI=1S/C19H37N3/c1-10-12-16(8)20-19-21(13(3)4)17(9)18(15(7)11-2)22(19)14(5)6/h13-16H,10-12H2,1-9H3. The molecule has 3 heteroatoms. The Hall–Kier alpha value is -0.990. The number of hydrogen-bond donors (Lipinski definition) is 0. The molecule has 0 amide bonds. The van der Waals surface area contributed by atoms with E-state index >= 15 is 0 Å². The molecular weight excluding hydrogens is 270 g/mol. The molecule has 0 spiro atoms. The van der Waals surface area contributed by atoms with Crippen molar-refractivity contribution < 1.29 is 0 Å². The molecule has 1 rings (SSSR count). The van der Waals surface area contributed by atoms with E-state index in [1.54, 1.807) is 0 Å². The highest BCUT2D eigenvalue weighted by molar-refractivity contribution is 5.19. The van der Waals surface area contributed by atoms with E-state index in [1.165, 1.54) is 29.8 Å². The lowest BCUT2D eigenvalue weighted by Crippen LogP contribution is -2.31. The third-order valence-electron chi connectivity index (χ3n) is 4.58. The normalized spacial score (nSPS) is 15.9. The molecule has 1 heterocycles. The van der Waals surface area contributed by atoms with Gasteiger partial charge in [-0.05, 0) is 60.3 Å². The number of nitrogens with zero attached hydrogens (tertiary/aromatic N) is 3. The van der Waals surface area contributed by atoms with Gasteiger partial charge in [-0.2, -0.15) is 0 Å². The Kier molecular flexibility index (Phi) is 6.96. The topological polar surface area (TPSA) is 22.2 Å². The van der Waals surface area contributed by atoms with Gasteiger partial charge in [-0.3, -0.25) is 0 Å². The van der Waals surface area contributed by atoms with Crippen LogP contribution in [0.15, 0.2) is 4.99 Å². The van der Waals surface area contributed by atoms with Crippen LogP contribution in [-0.2, 0) is 0 Å². The minimum atomic E-state index is 0.381. The molecule has 2 atom stereocenters. The first-order valence-corrected chi connectivity index (χ1v) is 9.13. The van der Waals surface area contributed by atoms with E-state index in [4.69, 9.17) is 4.99 Å². The molecule has 128 valence electrons. The zero-order valence-corrected chi connectivity index (χ0v) is 16.3. The van der Waals surface area contributed by atoms with Crippen molar-refractivity contribution in [2.45, 2.75) is 106 Å². The third kappa shape index (κ3) is 3.85. The van der Waals surface area contributed by atoms with Gasteiger partial charge in [0.1, 0.15) is 0 Å². The number of imidazole rings is 1. The Morgan fingerprint density at radius 2 is 1.45 bits per heavy atom. The maximum atomic E-state index is 5.12. The van der Waals surface area contributed by atoms with Gasteiger partial charge in [-0.25, -0.2) is 4.99 Å². The Morgan fingerprint density at radius 1 is 0.909 bits per heavy atom. The zero-order valence-electron chi connectivity index (χ0n) is 16.3. The average molecular weight is 308 g/mol. The Bertz CT molecular complexity index is 532. The summed E-state index contributed by atoms with van der Waals surface area (Å²) >= 11 is 0. The van der Waals surface area contributed by atoms with Crippen LogP contribution in [0.1, 0.15) is 104 Å². The summed E-state index contributed by atoms with van der Waals surface area (Å²) in [4.78, 5) is 5.12. The SMILES string of the molecule is CCCC(C)N=c1n(C(C)C)c(C)c(C(C)CC)n1C(C)C. The van der Waals surface area contributed by atoms with Crippen LogP contribution < -0.4 is 5.62 Å². The quantitative estimate of drug-likeness (QED) is 0.647. The van der Waals surface area contributed by atoms with E-state index in [9.17, 15) is 0 Å². The van der Waals surface area contributed by atoms with Crippen LogP contribution in [0.3, 0.4) is 0 Å². The highest BCUT2D eigenvalue weighted by Gasteiger charge is 2.22. The van der Waals surface area contributed by atoms with Crippen molar-refractivity contribution in [3.63, 3.8) is 0 Å². The monoisotopic (exact) mass is 307 g/mol. The highest BCUT2D eigenvalue weighted by Crippen LogP contribution is 2.26. The summed E-state index contributed by atoms with van der Waals surface area (Å²) in [6.45, 7) is 20.4. The highest BCUT2D eigenvalue weighted by atomic mass is 15.2. The van der Waals surface area contributed by atoms with E-state index < -0.39 is 0 Å². The maximum Gasteiger partial charge on any atom is 0.206 e. The van der Waals surface area contributed by atoms with Crippen molar-refractivity contribution >= 4 is 0 Å². The second-order valence-corrected chi connectivity index (χ2v) is 7.27. The molecule has 0 aliphatic rings. The fraction of sp³-hybridized carbons (Fsp3) is 0.842. The van der Waals surface area contributed by atoms with Gasteiger partial charge in [0.05, 0.1) is 6.04 Å². The molecule has 0 aliphatic heterocycles. The van der Waals surface area contributed by atoms with Gasteiger partial charge in [0, 0.05) is 23.5 Å². The van der Waals surface area contributed by atoms with Crippen LogP contribution in [-0.4, -0.2) is 15.2 Å². The summed E-state index contributed by atoms with van der Waals surface area (Å²) in [5, 5.41) is 0. The van der Waals surface area contributed by atoms with Crippen LogP contribution in [0, 0.1) is 6.92 Å². The zero-order chi connectivity index (χ0) is 17.0. The van der Waals surface area contributed by atoms with Gasteiger partial charge in [0.2, 0.25) is 5.62 Å². The van der Waals surface area contributed by atoms with Crippen molar-refractivity contribution in [2.24, 2.45) is 4.99 Å². The maximum absolute atomic E-state index is 5.12. The van der Waals surface area contributed by atoms with Crippen molar-refractivity contribution in [1.82, 2.24) is 9.13 Å². The summed E-state index contributed by atoms with van der Waals surface area (Å²) in [5.74, 6) is 0.567. The predicted octanol–water partition coefficient (Wildman–Crippen LogP) is 5.36. The second kappa shape index (κ2) is 8.03. The van der Waals surface area contributed by atoms with Crippen molar-refractivity contribution in [1.29, 1.82) is 0 Å². The second-order valence-electron chi connectivity index (χ2n) is 7.27. The van der Waals surface area contributed by atoms with E-state index in [0.29, 0.717) is 24.0 Å². The Morgan fingerprint density at radius 3 is 1.86 bits per heavy atom. The number of aromatic nitrogens is 2. The van der Waals surface area contributed by atoms with Crippen LogP contribution in [0.2, 0.25) is 0 Å². The lowest BCUT2D eigenvalue weighted by molar-refractivity contribution is 0.474. The molecule has 0 saturated carbocycles. The molecule has 0 bridgehead atoms. The molecule has 1 aromatic heterocycles. The summed E-state index contributed by atoms with van der Waals surface area (Å²) in [5.41, 5.74) is 4.02. The minimum Gasteiger partial charge on any atom is -0.312 e. The largest absolute Gasteiger partial charge is 0.312 e. The van der Waals surface area contributed by atoms with Crippen LogP contribution >= 0.6 is 0 Å². The first-order valence-electron chi connectivity index (χ1n) is 9.13. The van der Waals surface area contributed by atoms with Gasteiger partial charge in [-0.1, -0.05) is 27.2 Å². The van der Waals surface area contributed by atoms with E-state index in [2.05, 4.69) is 71.4 Å². The lowest BCUT2D eigenvalue weighted by Gasteiger charge is -2.17. The fourth-order valence-electron chi connectivity index (χ4n) is 3.39. The Balaban J connectivity index is 3.71. The van der Waals surface area contributed by atoms with Gasteiger partial charge in [-0.15, -0.1) is 0 Å². The Labute approximate surface area is 137 Å². The number of rotatable bonds is 7. The molecule has 0 aromatic carbocycles. The molecule has 0 radical (unpaired) electrons. The molecule has 22 heavy (non-hydrogen) atoms. The summed E-state index contributed by atoms with van der Waals surface area (Å²) in [7, 11) is 0. The van der Waals surface area contributed by atoms with Crippen LogP contribution in [0.5, 0.6) is 0 Å². The van der Waals surface area contributed by atoms with E-state index in [0.717, 1.165) is 6.42 Å². The first kappa shape index (κ1) is 19.1. The molecule has 1 aromatic rings. The molecule has 3 nitrogen and oxygen atoms in total. The van der Waals surface area contributed by atoms with E-state index in [-0.39, 0.29) is 0 Å². The summed E-state index contributed by atoms with van der Waals surface area (Å²) in [6, 6.07) is 1.26. The molecule has 0 aliphatic carbocycles. The van der Waals surface area contributed by atoms with E-state index in [1.807, 2.05) is 0 Å². The minimum absolute atomic E-state index is 0.381. The lowest BCUT2D eigenvalue weighted by atomic mass is 10.0. The fourth-order valence-corrected chi connectivity index (χ4v) is 3.39. The van der Waals surface area contributed by atoms with Crippen LogP contribution in [0.25, 0.3) is 0 Å². The molecule has 0 saturated heterocycles. The first-order chi connectivity index (χ1) is 10.3. The van der Waals surface area contributed by atoms with Crippen molar-refractivity contribution in [3.8, 4) is 0 Å². The number of hydrogen-bond acceptors (Lipinski definition) is 1. The smallest absolute Gasteiger partial charge is 0.206 e. The third-order valence-corrected chi connectivity index (χ3v) is 4.58. The molecule has 0 N–H and O–H groups in total. The van der Waals surface area contributed by atoms with Gasteiger partial charge in [0.15, 0.2) is 0 Å². The van der Waals surface area contributed by atoms with Crippen molar-refractivity contribution in [3.05, 3.63) is 17.0 Å². The molecular formula is C19H37N3. The molecule has 0 fully saturated rings. The summed E-state index contributed by atoms with van der Waals surface area (Å²) in [6.07, 6.45) is 3.50.